The zero-order chi connectivity index (χ0) is 22.9. The molecule has 4 rings (SSSR count). The van der Waals surface area contributed by atoms with Crippen LogP contribution in [0.15, 0.2) is 66.7 Å². The Balaban J connectivity index is 1.57. The molecule has 0 saturated carbocycles. The summed E-state index contributed by atoms with van der Waals surface area (Å²) in [7, 11) is 1.57. The Morgan fingerprint density at radius 1 is 1.12 bits per heavy atom. The molecule has 166 valence electrons. The number of carbonyl (C=O) groups excluding carboxylic acids is 1. The Bertz CT molecular complexity index is 1150. The first-order chi connectivity index (χ1) is 15.3. The molecule has 3 aromatic carbocycles. The average Bonchev–Trinajstić information content (AvgIpc) is 3.07. The lowest BCUT2D eigenvalue weighted by Crippen LogP contribution is -2.40. The Morgan fingerprint density at radius 3 is 2.69 bits per heavy atom. The lowest BCUT2D eigenvalue weighted by molar-refractivity contribution is -0.146. The van der Waals surface area contributed by atoms with Gasteiger partial charge in [-0.2, -0.15) is 0 Å². The monoisotopic (exact) mass is 434 g/mol. The van der Waals surface area contributed by atoms with Gasteiger partial charge in [-0.15, -0.1) is 0 Å². The maximum atomic E-state index is 12.7. The van der Waals surface area contributed by atoms with Gasteiger partial charge in [0, 0.05) is 22.4 Å². The summed E-state index contributed by atoms with van der Waals surface area (Å²) in [5, 5.41) is 24.8. The smallest absolute Gasteiger partial charge is 0.313 e. The van der Waals surface area contributed by atoms with Gasteiger partial charge in [-0.1, -0.05) is 42.5 Å². The first-order valence-corrected chi connectivity index (χ1v) is 10.3. The topological polar surface area (TPSA) is 114 Å². The van der Waals surface area contributed by atoms with Crippen LogP contribution in [0.5, 0.6) is 5.75 Å². The van der Waals surface area contributed by atoms with E-state index in [1.54, 1.807) is 62.6 Å². The number of anilines is 1. The molecular weight excluding hydrogens is 408 g/mol. The number of aliphatic hydroxyl groups is 2. The molecule has 7 nitrogen and oxygen atoms in total. The second kappa shape index (κ2) is 8.63. The minimum atomic E-state index is -1.65. The molecule has 1 heterocycles. The third-order valence-electron chi connectivity index (χ3n) is 5.83. The fourth-order valence-corrected chi connectivity index (χ4v) is 4.03. The second-order valence-electron chi connectivity index (χ2n) is 7.87. The molecule has 0 bridgehead atoms. The Morgan fingerprint density at radius 2 is 1.91 bits per heavy atom. The van der Waals surface area contributed by atoms with Crippen LogP contribution in [0.25, 0.3) is 0 Å². The van der Waals surface area contributed by atoms with Gasteiger partial charge in [0.25, 0.3) is 0 Å². The summed E-state index contributed by atoms with van der Waals surface area (Å²) in [6, 6.07) is 19.4. The molecule has 0 amide bonds. The Hall–Kier alpha value is -3.39. The normalized spacial score (nSPS) is 20.4. The summed E-state index contributed by atoms with van der Waals surface area (Å²) >= 11 is 0. The Labute approximate surface area is 186 Å². The van der Waals surface area contributed by atoms with Crippen LogP contribution in [-0.2, 0) is 21.9 Å². The van der Waals surface area contributed by atoms with Crippen LogP contribution in [0.2, 0.25) is 0 Å². The highest BCUT2D eigenvalue weighted by Gasteiger charge is 2.44. The number of hydrogen-bond donors (Lipinski definition) is 4. The molecule has 1 aliphatic heterocycles. The van der Waals surface area contributed by atoms with E-state index in [0.717, 1.165) is 5.56 Å². The van der Waals surface area contributed by atoms with E-state index in [4.69, 9.17) is 15.2 Å². The molecule has 0 radical (unpaired) electrons. The fraction of sp³-hybridized carbons (Fsp3) is 0.240. The zero-order valence-corrected chi connectivity index (χ0v) is 17.9. The van der Waals surface area contributed by atoms with E-state index in [1.165, 1.54) is 0 Å². The van der Waals surface area contributed by atoms with Crippen LogP contribution >= 0.6 is 0 Å². The lowest BCUT2D eigenvalue weighted by atomic mass is 9.91. The molecule has 1 aliphatic rings. The standard InChI is InChI=1S/C25H26N2O5/c1-15(16-7-5-8-19(12-16)31-2)24(29)32-14-17-6-3-4-9-21(17)25(30)22-11-10-18(26)13-20(22)23(28)27-25/h3-13,15,23,27-28,30H,14,26H2,1-2H3. The first kappa shape index (κ1) is 21.8. The van der Waals surface area contributed by atoms with Crippen molar-refractivity contribution < 1.29 is 24.5 Å². The molecule has 3 aromatic rings. The molecule has 0 fully saturated rings. The molecule has 0 saturated heterocycles. The van der Waals surface area contributed by atoms with Crippen molar-refractivity contribution in [3.63, 3.8) is 0 Å². The van der Waals surface area contributed by atoms with Gasteiger partial charge in [0.1, 0.15) is 18.6 Å². The number of methoxy groups -OCH3 is 1. The third kappa shape index (κ3) is 3.93. The highest BCUT2D eigenvalue weighted by atomic mass is 16.5. The average molecular weight is 434 g/mol. The van der Waals surface area contributed by atoms with E-state index in [1.807, 2.05) is 18.2 Å². The molecule has 0 aromatic heterocycles. The van der Waals surface area contributed by atoms with Crippen LogP contribution < -0.4 is 15.8 Å². The van der Waals surface area contributed by atoms with Crippen LogP contribution in [0.3, 0.4) is 0 Å². The molecule has 32 heavy (non-hydrogen) atoms. The van der Waals surface area contributed by atoms with Crippen molar-refractivity contribution in [2.45, 2.75) is 31.4 Å². The summed E-state index contributed by atoms with van der Waals surface area (Å²) in [6.07, 6.45) is -1.08. The lowest BCUT2D eigenvalue weighted by Gasteiger charge is -2.28. The summed E-state index contributed by atoms with van der Waals surface area (Å²) in [5.74, 6) is -0.219. The van der Waals surface area contributed by atoms with Gasteiger partial charge in [-0.3, -0.25) is 10.1 Å². The molecule has 7 heteroatoms. The number of esters is 1. The second-order valence-corrected chi connectivity index (χ2v) is 7.87. The minimum absolute atomic E-state index is 0.0340. The van der Waals surface area contributed by atoms with Gasteiger partial charge in [0.2, 0.25) is 0 Å². The van der Waals surface area contributed by atoms with Crippen molar-refractivity contribution in [1.29, 1.82) is 0 Å². The van der Waals surface area contributed by atoms with Crippen LogP contribution in [0.4, 0.5) is 5.69 Å². The van der Waals surface area contributed by atoms with Crippen LogP contribution in [0.1, 0.15) is 46.9 Å². The summed E-state index contributed by atoms with van der Waals surface area (Å²) < 4.78 is 10.8. The number of hydrogen-bond acceptors (Lipinski definition) is 7. The van der Waals surface area contributed by atoms with Crippen molar-refractivity contribution >= 4 is 11.7 Å². The van der Waals surface area contributed by atoms with E-state index in [2.05, 4.69) is 5.32 Å². The van der Waals surface area contributed by atoms with E-state index in [9.17, 15) is 15.0 Å². The summed E-state index contributed by atoms with van der Waals surface area (Å²) in [6.45, 7) is 1.74. The van der Waals surface area contributed by atoms with Gasteiger partial charge in [-0.05, 0) is 42.3 Å². The number of nitrogens with one attached hydrogen (secondary N) is 1. The van der Waals surface area contributed by atoms with Crippen molar-refractivity contribution in [2.24, 2.45) is 0 Å². The van der Waals surface area contributed by atoms with Gasteiger partial charge in [0.15, 0.2) is 5.72 Å². The number of rotatable bonds is 6. The summed E-state index contributed by atoms with van der Waals surface area (Å²) in [5.41, 5.74) is 7.58. The van der Waals surface area contributed by atoms with Crippen molar-refractivity contribution in [2.75, 3.05) is 12.8 Å². The Kier molecular flexibility index (Phi) is 5.88. The van der Waals surface area contributed by atoms with E-state index in [-0.39, 0.29) is 6.61 Å². The summed E-state index contributed by atoms with van der Waals surface area (Å²) in [4.78, 5) is 12.7. The van der Waals surface area contributed by atoms with Crippen molar-refractivity contribution in [3.8, 4) is 5.75 Å². The zero-order valence-electron chi connectivity index (χ0n) is 17.9. The quantitative estimate of drug-likeness (QED) is 0.348. The van der Waals surface area contributed by atoms with Gasteiger partial charge >= 0.3 is 5.97 Å². The van der Waals surface area contributed by atoms with E-state index in [0.29, 0.717) is 33.7 Å². The van der Waals surface area contributed by atoms with Crippen molar-refractivity contribution in [3.05, 3.63) is 94.5 Å². The first-order valence-electron chi connectivity index (χ1n) is 10.3. The van der Waals surface area contributed by atoms with Gasteiger partial charge < -0.3 is 25.4 Å². The predicted octanol–water partition coefficient (Wildman–Crippen LogP) is 2.91. The maximum Gasteiger partial charge on any atom is 0.313 e. The number of carbonyl (C=O) groups is 1. The molecule has 5 N–H and O–H groups in total. The highest BCUT2D eigenvalue weighted by molar-refractivity contribution is 5.77. The van der Waals surface area contributed by atoms with Crippen LogP contribution in [0, 0.1) is 0 Å². The maximum absolute atomic E-state index is 12.7. The number of benzene rings is 3. The van der Waals surface area contributed by atoms with Crippen LogP contribution in [-0.4, -0.2) is 23.3 Å². The number of fused-ring (bicyclic) bond motifs is 1. The van der Waals surface area contributed by atoms with E-state index < -0.39 is 23.8 Å². The number of nitrogens with two attached hydrogens (primary N) is 1. The fourth-order valence-electron chi connectivity index (χ4n) is 4.03. The molecular formula is C25H26N2O5. The predicted molar refractivity (Wildman–Crippen MR) is 120 cm³/mol. The highest BCUT2D eigenvalue weighted by Crippen LogP contribution is 2.41. The van der Waals surface area contributed by atoms with E-state index >= 15 is 0 Å². The number of nitrogen functional groups attached to an aromatic ring is 1. The van der Waals surface area contributed by atoms with Crippen molar-refractivity contribution in [1.82, 2.24) is 5.32 Å². The molecule has 3 unspecified atom stereocenters. The molecule has 3 atom stereocenters. The van der Waals surface area contributed by atoms with Gasteiger partial charge in [0.05, 0.1) is 13.0 Å². The largest absolute Gasteiger partial charge is 0.497 e. The van der Waals surface area contributed by atoms with Gasteiger partial charge in [-0.25, -0.2) is 0 Å². The third-order valence-corrected chi connectivity index (χ3v) is 5.83. The molecule has 0 aliphatic carbocycles. The SMILES string of the molecule is COc1cccc(C(C)C(=O)OCc2ccccc2C2(O)NC(O)c3cc(N)ccc32)c1. The number of aliphatic hydroxyl groups excluding tert-OH is 1. The molecule has 0 spiro atoms. The number of ether oxygens (including phenoxy) is 2. The minimum Gasteiger partial charge on any atom is -0.497 e.